The van der Waals surface area contributed by atoms with Crippen LogP contribution in [0.4, 0.5) is 13.2 Å². The zero-order valence-electron chi connectivity index (χ0n) is 11.1. The van der Waals surface area contributed by atoms with Crippen LogP contribution in [-0.2, 0) is 6.18 Å². The zero-order chi connectivity index (χ0) is 15.6. The highest BCUT2D eigenvalue weighted by Crippen LogP contribution is 2.30. The summed E-state index contributed by atoms with van der Waals surface area (Å²) < 4.78 is 37.8. The molecule has 1 aromatic rings. The maximum Gasteiger partial charge on any atom is 0.416 e. The molecule has 0 aromatic heterocycles. The number of hydrogen-bond donors (Lipinski definition) is 3. The van der Waals surface area contributed by atoms with Crippen LogP contribution < -0.4 is 5.32 Å². The molecule has 1 fully saturated rings. The Morgan fingerprint density at radius 1 is 1.33 bits per heavy atom. The molecule has 1 aliphatic carbocycles. The summed E-state index contributed by atoms with van der Waals surface area (Å²) >= 11 is 0. The van der Waals surface area contributed by atoms with Crippen molar-refractivity contribution in [2.45, 2.75) is 31.2 Å². The summed E-state index contributed by atoms with van der Waals surface area (Å²) in [5.74, 6) is -0.923. The van der Waals surface area contributed by atoms with E-state index in [9.17, 15) is 23.1 Å². The van der Waals surface area contributed by atoms with Gasteiger partial charge in [0.15, 0.2) is 0 Å². The van der Waals surface area contributed by atoms with Crippen molar-refractivity contribution in [2.75, 3.05) is 6.61 Å². The minimum absolute atomic E-state index is 0.0771. The molecule has 0 heterocycles. The lowest BCUT2D eigenvalue weighted by Crippen LogP contribution is -2.33. The van der Waals surface area contributed by atoms with Crippen LogP contribution in [0.1, 0.15) is 28.8 Å². The first-order valence-corrected chi connectivity index (χ1v) is 6.58. The summed E-state index contributed by atoms with van der Waals surface area (Å²) in [4.78, 5) is 12.0. The van der Waals surface area contributed by atoms with Crippen molar-refractivity contribution >= 4 is 5.91 Å². The van der Waals surface area contributed by atoms with E-state index in [0.29, 0.717) is 6.42 Å². The van der Waals surface area contributed by atoms with Crippen LogP contribution in [0.3, 0.4) is 0 Å². The quantitative estimate of drug-likeness (QED) is 0.794. The van der Waals surface area contributed by atoms with Gasteiger partial charge < -0.3 is 15.5 Å². The van der Waals surface area contributed by atoms with Crippen molar-refractivity contribution < 1.29 is 28.2 Å². The van der Waals surface area contributed by atoms with Gasteiger partial charge in [0.05, 0.1) is 11.7 Å². The number of alkyl halides is 3. The highest BCUT2D eigenvalue weighted by molar-refractivity contribution is 5.94. The molecule has 7 heteroatoms. The average Bonchev–Trinajstić information content (AvgIpc) is 2.78. The van der Waals surface area contributed by atoms with Crippen molar-refractivity contribution in [3.63, 3.8) is 0 Å². The van der Waals surface area contributed by atoms with E-state index >= 15 is 0 Å². The number of aliphatic hydroxyl groups excluding tert-OH is 2. The first kappa shape index (κ1) is 15.8. The molecule has 1 aromatic carbocycles. The van der Waals surface area contributed by atoms with Gasteiger partial charge in [-0.2, -0.15) is 13.2 Å². The van der Waals surface area contributed by atoms with Crippen LogP contribution in [0, 0.1) is 5.92 Å². The topological polar surface area (TPSA) is 69.6 Å². The first-order valence-electron chi connectivity index (χ1n) is 6.58. The van der Waals surface area contributed by atoms with E-state index in [1.54, 1.807) is 0 Å². The van der Waals surface area contributed by atoms with Gasteiger partial charge in [-0.1, -0.05) is 6.07 Å². The number of aliphatic hydroxyl groups is 2. The summed E-state index contributed by atoms with van der Waals surface area (Å²) in [6.45, 7) is -0.183. The van der Waals surface area contributed by atoms with E-state index < -0.39 is 23.8 Å². The normalized spacial score (nSPS) is 25.9. The Labute approximate surface area is 119 Å². The third-order valence-electron chi connectivity index (χ3n) is 3.68. The number of rotatable bonds is 3. The van der Waals surface area contributed by atoms with E-state index in [0.717, 1.165) is 12.1 Å². The summed E-state index contributed by atoms with van der Waals surface area (Å²) in [6.07, 6.45) is -4.51. The van der Waals surface area contributed by atoms with E-state index in [2.05, 4.69) is 5.32 Å². The van der Waals surface area contributed by atoms with E-state index in [1.807, 2.05) is 0 Å². The Bertz CT molecular complexity index is 518. The maximum absolute atomic E-state index is 12.6. The standard InChI is InChI=1S/C14H16F3NO3/c15-14(16,17)10-3-1-2-8(4-10)13(21)18-11-5-9(7-19)12(20)6-11/h1-4,9,11-12,19-20H,5-7H2,(H,18,21)/t9-,11-,12-/m1/s1. The molecule has 0 bridgehead atoms. The Morgan fingerprint density at radius 3 is 2.62 bits per heavy atom. The molecule has 0 unspecified atom stereocenters. The highest BCUT2D eigenvalue weighted by atomic mass is 19.4. The second-order valence-electron chi connectivity index (χ2n) is 5.23. The Kier molecular flexibility index (Phi) is 4.53. The fourth-order valence-corrected chi connectivity index (χ4v) is 2.52. The van der Waals surface area contributed by atoms with E-state index in [-0.39, 0.29) is 30.6 Å². The first-order chi connectivity index (χ1) is 9.81. The zero-order valence-corrected chi connectivity index (χ0v) is 11.1. The molecule has 0 spiro atoms. The smallest absolute Gasteiger partial charge is 0.396 e. The van der Waals surface area contributed by atoms with Gasteiger partial charge in [0.2, 0.25) is 0 Å². The van der Waals surface area contributed by atoms with Crippen LogP contribution in [-0.4, -0.2) is 34.9 Å². The van der Waals surface area contributed by atoms with Gasteiger partial charge in [-0.3, -0.25) is 4.79 Å². The van der Waals surface area contributed by atoms with Gasteiger partial charge in [0, 0.05) is 24.1 Å². The fourth-order valence-electron chi connectivity index (χ4n) is 2.52. The van der Waals surface area contributed by atoms with Crippen LogP contribution in [0.25, 0.3) is 0 Å². The minimum atomic E-state index is -4.50. The van der Waals surface area contributed by atoms with Gasteiger partial charge >= 0.3 is 6.18 Å². The minimum Gasteiger partial charge on any atom is -0.396 e. The van der Waals surface area contributed by atoms with Gasteiger partial charge in [-0.15, -0.1) is 0 Å². The molecule has 0 radical (unpaired) electrons. The van der Waals surface area contributed by atoms with Crippen molar-refractivity contribution in [2.24, 2.45) is 5.92 Å². The van der Waals surface area contributed by atoms with Gasteiger partial charge in [0.25, 0.3) is 5.91 Å². The number of benzene rings is 1. The van der Waals surface area contributed by atoms with Crippen molar-refractivity contribution in [1.82, 2.24) is 5.32 Å². The number of carbonyl (C=O) groups excluding carboxylic acids is 1. The SMILES string of the molecule is O=C(N[C@@H]1C[C@H](CO)[C@H](O)C1)c1cccc(C(F)(F)F)c1. The van der Waals surface area contributed by atoms with E-state index in [4.69, 9.17) is 5.11 Å². The molecular formula is C14H16F3NO3. The summed E-state index contributed by atoms with van der Waals surface area (Å²) in [5, 5.41) is 21.3. The predicted octanol–water partition coefficient (Wildman–Crippen LogP) is 1.57. The lowest BCUT2D eigenvalue weighted by atomic mass is 10.1. The van der Waals surface area contributed by atoms with Crippen molar-refractivity contribution in [1.29, 1.82) is 0 Å². The average molecular weight is 303 g/mol. The number of hydrogen-bond acceptors (Lipinski definition) is 3. The lowest BCUT2D eigenvalue weighted by Gasteiger charge is -2.13. The second-order valence-corrected chi connectivity index (χ2v) is 5.23. The van der Waals surface area contributed by atoms with Crippen molar-refractivity contribution in [3.05, 3.63) is 35.4 Å². The largest absolute Gasteiger partial charge is 0.416 e. The Balaban J connectivity index is 2.05. The number of amides is 1. The van der Waals surface area contributed by atoms with Gasteiger partial charge in [-0.25, -0.2) is 0 Å². The molecule has 0 aliphatic heterocycles. The maximum atomic E-state index is 12.6. The van der Waals surface area contributed by atoms with Crippen molar-refractivity contribution in [3.8, 4) is 0 Å². The van der Waals surface area contributed by atoms with Gasteiger partial charge in [0.1, 0.15) is 0 Å². The van der Waals surface area contributed by atoms with Crippen LogP contribution >= 0.6 is 0 Å². The molecule has 1 aliphatic rings. The monoisotopic (exact) mass is 303 g/mol. The lowest BCUT2D eigenvalue weighted by molar-refractivity contribution is -0.137. The molecule has 116 valence electrons. The predicted molar refractivity (Wildman–Crippen MR) is 68.5 cm³/mol. The molecule has 3 atom stereocenters. The Hall–Kier alpha value is -1.60. The van der Waals surface area contributed by atoms with E-state index in [1.165, 1.54) is 12.1 Å². The molecule has 2 rings (SSSR count). The number of halogens is 3. The molecule has 0 saturated heterocycles. The molecule has 4 nitrogen and oxygen atoms in total. The summed E-state index contributed by atoms with van der Waals surface area (Å²) in [7, 11) is 0. The summed E-state index contributed by atoms with van der Waals surface area (Å²) in [6, 6.07) is 3.83. The fraction of sp³-hybridized carbons (Fsp3) is 0.500. The van der Waals surface area contributed by atoms with Gasteiger partial charge in [-0.05, 0) is 31.0 Å². The third kappa shape index (κ3) is 3.74. The highest BCUT2D eigenvalue weighted by Gasteiger charge is 2.34. The molecule has 1 saturated carbocycles. The molecule has 1 amide bonds. The molecule has 3 N–H and O–H groups in total. The molecule has 21 heavy (non-hydrogen) atoms. The molecular weight excluding hydrogens is 287 g/mol. The Morgan fingerprint density at radius 2 is 2.05 bits per heavy atom. The summed E-state index contributed by atoms with van der Waals surface area (Å²) in [5.41, 5.74) is -0.957. The third-order valence-corrected chi connectivity index (χ3v) is 3.68. The number of nitrogens with one attached hydrogen (secondary N) is 1. The second kappa shape index (κ2) is 6.03. The van der Waals surface area contributed by atoms with Crippen LogP contribution in [0.15, 0.2) is 24.3 Å². The number of carbonyl (C=O) groups is 1. The van der Waals surface area contributed by atoms with Crippen LogP contribution in [0.5, 0.6) is 0 Å². The van der Waals surface area contributed by atoms with Crippen LogP contribution in [0.2, 0.25) is 0 Å².